The van der Waals surface area contributed by atoms with Gasteiger partial charge in [0.05, 0.1) is 10.4 Å². The van der Waals surface area contributed by atoms with E-state index in [1.807, 2.05) is 26.0 Å². The Hall–Kier alpha value is -1.66. The van der Waals surface area contributed by atoms with Crippen molar-refractivity contribution in [3.05, 3.63) is 57.0 Å². The molecule has 0 unspecified atom stereocenters. The molecule has 0 fully saturated rings. The van der Waals surface area contributed by atoms with Crippen molar-refractivity contribution >= 4 is 34.0 Å². The van der Waals surface area contributed by atoms with E-state index in [1.54, 1.807) is 12.1 Å². The Balaban J connectivity index is 1.93. The SMILES string of the molecule is CC[C@@]1(c2cc(CC(=O)c3ccc(C)s3)ccc2F)CCSC(N)=N1. The molecule has 2 N–H and O–H groups in total. The molecule has 25 heavy (non-hydrogen) atoms. The molecule has 0 saturated heterocycles. The predicted molar refractivity (Wildman–Crippen MR) is 104 cm³/mol. The Morgan fingerprint density at radius 3 is 2.80 bits per heavy atom. The number of halogens is 1. The minimum absolute atomic E-state index is 0.0587. The number of carbonyl (C=O) groups is 1. The minimum atomic E-state index is -0.627. The molecule has 0 spiro atoms. The maximum Gasteiger partial charge on any atom is 0.177 e. The molecular formula is C19H21FN2OS2. The third-order valence-electron chi connectivity index (χ3n) is 4.59. The second-order valence-electron chi connectivity index (χ2n) is 6.26. The van der Waals surface area contributed by atoms with Crippen LogP contribution in [0.2, 0.25) is 0 Å². The Kier molecular flexibility index (Phi) is 5.29. The van der Waals surface area contributed by atoms with Gasteiger partial charge in [0.25, 0.3) is 0 Å². The van der Waals surface area contributed by atoms with Gasteiger partial charge in [-0.15, -0.1) is 11.3 Å². The summed E-state index contributed by atoms with van der Waals surface area (Å²) in [4.78, 5) is 18.9. The van der Waals surface area contributed by atoms with Crippen molar-refractivity contribution in [3.63, 3.8) is 0 Å². The van der Waals surface area contributed by atoms with Gasteiger partial charge in [0, 0.05) is 22.6 Å². The fourth-order valence-corrected chi connectivity index (χ4v) is 4.85. The summed E-state index contributed by atoms with van der Waals surface area (Å²) >= 11 is 2.99. The second-order valence-corrected chi connectivity index (χ2v) is 8.66. The van der Waals surface area contributed by atoms with Crippen LogP contribution in [-0.4, -0.2) is 16.7 Å². The van der Waals surface area contributed by atoms with Gasteiger partial charge in [-0.05, 0) is 49.6 Å². The third kappa shape index (κ3) is 3.80. The van der Waals surface area contributed by atoms with E-state index in [0.717, 1.165) is 27.5 Å². The van der Waals surface area contributed by atoms with Crippen molar-refractivity contribution in [1.29, 1.82) is 0 Å². The zero-order valence-electron chi connectivity index (χ0n) is 14.3. The lowest BCUT2D eigenvalue weighted by atomic mass is 9.83. The number of nitrogens with two attached hydrogens (primary N) is 1. The predicted octanol–water partition coefficient (Wildman–Crippen LogP) is 4.68. The number of Topliss-reactive ketones (excluding diaryl/α,β-unsaturated/α-hetero) is 1. The van der Waals surface area contributed by atoms with Crippen LogP contribution in [0.3, 0.4) is 0 Å². The number of benzene rings is 1. The standard InChI is InChI=1S/C19H21FN2OS2/c1-3-19(8-9-24-18(21)22-19)14-10-13(5-6-15(14)20)11-16(23)17-7-4-12(2)25-17/h4-7,10H,3,8-9,11H2,1-2H3,(H2,21,22)/t19-/m0/s1. The largest absolute Gasteiger partial charge is 0.379 e. The highest BCUT2D eigenvalue weighted by atomic mass is 32.2. The Morgan fingerprint density at radius 1 is 1.36 bits per heavy atom. The van der Waals surface area contributed by atoms with E-state index in [2.05, 4.69) is 4.99 Å². The average molecular weight is 377 g/mol. The first-order chi connectivity index (χ1) is 11.9. The molecule has 0 aliphatic carbocycles. The quantitative estimate of drug-likeness (QED) is 0.771. The third-order valence-corrected chi connectivity index (χ3v) is 6.42. The first-order valence-electron chi connectivity index (χ1n) is 8.30. The summed E-state index contributed by atoms with van der Waals surface area (Å²) in [6, 6.07) is 8.72. The molecular weight excluding hydrogens is 355 g/mol. The summed E-state index contributed by atoms with van der Waals surface area (Å²) in [7, 11) is 0. The molecule has 0 amide bonds. The fraction of sp³-hybridized carbons (Fsp3) is 0.368. The van der Waals surface area contributed by atoms with Gasteiger partial charge in [0.1, 0.15) is 5.82 Å². The van der Waals surface area contributed by atoms with Gasteiger partial charge in [-0.1, -0.05) is 24.8 Å². The molecule has 1 atom stereocenters. The number of thiophene rings is 1. The van der Waals surface area contributed by atoms with Gasteiger partial charge >= 0.3 is 0 Å². The first-order valence-corrected chi connectivity index (χ1v) is 10.1. The molecule has 2 aromatic rings. The molecule has 1 aliphatic rings. The van der Waals surface area contributed by atoms with Crippen molar-refractivity contribution in [2.75, 3.05) is 5.75 Å². The van der Waals surface area contributed by atoms with Crippen molar-refractivity contribution in [1.82, 2.24) is 0 Å². The number of nitrogens with zero attached hydrogens (tertiary/aromatic N) is 1. The van der Waals surface area contributed by atoms with Gasteiger partial charge in [-0.25, -0.2) is 4.39 Å². The highest BCUT2D eigenvalue weighted by Gasteiger charge is 2.35. The number of amidine groups is 1. The van der Waals surface area contributed by atoms with Crippen molar-refractivity contribution in [3.8, 4) is 0 Å². The summed E-state index contributed by atoms with van der Waals surface area (Å²) < 4.78 is 14.6. The molecule has 0 radical (unpaired) electrons. The number of rotatable bonds is 5. The summed E-state index contributed by atoms with van der Waals surface area (Å²) in [5.41, 5.74) is 6.64. The lowest BCUT2D eigenvalue weighted by molar-refractivity contribution is 0.0996. The summed E-state index contributed by atoms with van der Waals surface area (Å²) in [6.07, 6.45) is 1.68. The Bertz CT molecular complexity index is 831. The highest BCUT2D eigenvalue weighted by molar-refractivity contribution is 8.13. The molecule has 1 aromatic carbocycles. The molecule has 6 heteroatoms. The van der Waals surface area contributed by atoms with Gasteiger partial charge in [0.15, 0.2) is 11.0 Å². The van der Waals surface area contributed by atoms with E-state index >= 15 is 0 Å². The van der Waals surface area contributed by atoms with Crippen LogP contribution in [0, 0.1) is 12.7 Å². The van der Waals surface area contributed by atoms with E-state index in [1.165, 1.54) is 29.2 Å². The number of hydrogen-bond acceptors (Lipinski definition) is 5. The van der Waals surface area contributed by atoms with Crippen LogP contribution < -0.4 is 5.73 Å². The zero-order valence-corrected chi connectivity index (χ0v) is 16.0. The molecule has 3 rings (SSSR count). The van der Waals surface area contributed by atoms with E-state index in [4.69, 9.17) is 5.73 Å². The van der Waals surface area contributed by atoms with Crippen LogP contribution >= 0.6 is 23.1 Å². The molecule has 132 valence electrons. The molecule has 0 saturated carbocycles. The number of aliphatic imine (C=N–C) groups is 1. The molecule has 0 bridgehead atoms. The summed E-state index contributed by atoms with van der Waals surface area (Å²) in [6.45, 7) is 3.98. The van der Waals surface area contributed by atoms with E-state index in [0.29, 0.717) is 17.2 Å². The maximum absolute atomic E-state index is 14.6. The van der Waals surface area contributed by atoms with Crippen LogP contribution in [0.1, 0.15) is 45.4 Å². The Labute approximate surface area is 155 Å². The summed E-state index contributed by atoms with van der Waals surface area (Å²) in [5, 5.41) is 0.503. The van der Waals surface area contributed by atoms with Crippen LogP contribution in [0.25, 0.3) is 0 Å². The van der Waals surface area contributed by atoms with Crippen LogP contribution in [0.4, 0.5) is 4.39 Å². The van der Waals surface area contributed by atoms with Crippen LogP contribution in [-0.2, 0) is 12.0 Å². The molecule has 1 aliphatic heterocycles. The second kappa shape index (κ2) is 7.30. The molecule has 1 aromatic heterocycles. The number of carbonyl (C=O) groups excluding carboxylic acids is 1. The van der Waals surface area contributed by atoms with E-state index < -0.39 is 5.54 Å². The van der Waals surface area contributed by atoms with Crippen LogP contribution in [0.15, 0.2) is 35.3 Å². The van der Waals surface area contributed by atoms with E-state index in [9.17, 15) is 9.18 Å². The number of aryl methyl sites for hydroxylation is 1. The first kappa shape index (κ1) is 18.1. The van der Waals surface area contributed by atoms with Gasteiger partial charge in [-0.3, -0.25) is 9.79 Å². The van der Waals surface area contributed by atoms with Crippen molar-refractivity contribution in [2.24, 2.45) is 10.7 Å². The monoisotopic (exact) mass is 376 g/mol. The number of ketones is 1. The van der Waals surface area contributed by atoms with Crippen molar-refractivity contribution < 1.29 is 9.18 Å². The lowest BCUT2D eigenvalue weighted by Gasteiger charge is -2.33. The Morgan fingerprint density at radius 2 is 2.16 bits per heavy atom. The minimum Gasteiger partial charge on any atom is -0.379 e. The van der Waals surface area contributed by atoms with Crippen molar-refractivity contribution in [2.45, 2.75) is 38.6 Å². The fourth-order valence-electron chi connectivity index (χ4n) is 3.16. The van der Waals surface area contributed by atoms with E-state index in [-0.39, 0.29) is 18.0 Å². The van der Waals surface area contributed by atoms with Gasteiger partial charge < -0.3 is 5.73 Å². The molecule has 3 nitrogen and oxygen atoms in total. The van der Waals surface area contributed by atoms with Gasteiger partial charge in [0.2, 0.25) is 0 Å². The lowest BCUT2D eigenvalue weighted by Crippen LogP contribution is -2.32. The number of hydrogen-bond donors (Lipinski definition) is 1. The molecule has 2 heterocycles. The average Bonchev–Trinajstić information content (AvgIpc) is 3.03. The zero-order chi connectivity index (χ0) is 18.0. The topological polar surface area (TPSA) is 55.5 Å². The number of thioether (sulfide) groups is 1. The van der Waals surface area contributed by atoms with Gasteiger partial charge in [-0.2, -0.15) is 0 Å². The summed E-state index contributed by atoms with van der Waals surface area (Å²) in [5.74, 6) is 0.595. The maximum atomic E-state index is 14.6. The smallest absolute Gasteiger partial charge is 0.177 e. The normalized spacial score (nSPS) is 20.4. The van der Waals surface area contributed by atoms with Crippen LogP contribution in [0.5, 0.6) is 0 Å². The highest BCUT2D eigenvalue weighted by Crippen LogP contribution is 2.40.